The zero-order valence-electron chi connectivity index (χ0n) is 15.4. The Kier molecular flexibility index (Phi) is 5.87. The molecule has 0 saturated carbocycles. The Labute approximate surface area is 152 Å². The molecule has 0 unspecified atom stereocenters. The van der Waals surface area contributed by atoms with Gasteiger partial charge in [0.2, 0.25) is 0 Å². The first-order chi connectivity index (χ1) is 12.4. The fraction of sp³-hybridized carbons (Fsp3) is 0.300. The summed E-state index contributed by atoms with van der Waals surface area (Å²) in [4.78, 5) is 47.4. The van der Waals surface area contributed by atoms with Crippen LogP contribution < -0.4 is 10.6 Å². The van der Waals surface area contributed by atoms with Gasteiger partial charge in [-0.1, -0.05) is 40.5 Å². The summed E-state index contributed by atoms with van der Waals surface area (Å²) in [7, 11) is 0. The van der Waals surface area contributed by atoms with Crippen LogP contribution in [0, 0.1) is 0 Å². The first kappa shape index (κ1) is 19.3. The summed E-state index contributed by atoms with van der Waals surface area (Å²) in [5, 5.41) is 5.20. The van der Waals surface area contributed by atoms with E-state index in [1.807, 2.05) is 0 Å². The Morgan fingerprint density at radius 1 is 0.538 bits per heavy atom. The third-order valence-electron chi connectivity index (χ3n) is 3.59. The second-order valence-corrected chi connectivity index (χ2v) is 6.05. The van der Waals surface area contributed by atoms with Crippen LogP contribution in [-0.4, -0.2) is 23.6 Å². The lowest BCUT2D eigenvalue weighted by Gasteiger charge is -2.22. The quantitative estimate of drug-likeness (QED) is 0.709. The minimum absolute atomic E-state index is 0.294. The van der Waals surface area contributed by atoms with Crippen LogP contribution >= 0.6 is 0 Å². The van der Waals surface area contributed by atoms with E-state index >= 15 is 0 Å². The van der Waals surface area contributed by atoms with Gasteiger partial charge in [0.15, 0.2) is 0 Å². The number of hydrogen-bond acceptors (Lipinski definition) is 4. The number of carbonyl (C=O) groups is 4. The van der Waals surface area contributed by atoms with Crippen LogP contribution in [0.3, 0.4) is 0 Å². The van der Waals surface area contributed by atoms with E-state index in [4.69, 9.17) is 0 Å². The normalized spacial score (nSPS) is 13.8. The van der Waals surface area contributed by atoms with Crippen LogP contribution in [0.1, 0.15) is 82.0 Å². The van der Waals surface area contributed by atoms with Crippen molar-refractivity contribution in [3.63, 3.8) is 0 Å². The molecule has 6 nitrogen and oxygen atoms in total. The molecule has 2 aromatic rings. The predicted octanol–water partition coefficient (Wildman–Crippen LogP) is 3.44. The maximum Gasteiger partial charge on any atom is 0.258 e. The molecule has 2 N–H and O–H groups in total. The minimum Gasteiger partial charge on any atom is -0.288 e. The SMILES string of the molecule is CCC.CCC.O=C1NC(=O)c2ccc3c4c(ccc1c24)C(=O)NC3=O. The van der Waals surface area contributed by atoms with Crippen molar-refractivity contribution in [2.45, 2.75) is 40.5 Å². The van der Waals surface area contributed by atoms with Crippen molar-refractivity contribution >= 4 is 34.4 Å². The lowest BCUT2D eigenvalue weighted by molar-refractivity contribution is 0.0823. The van der Waals surface area contributed by atoms with Gasteiger partial charge in [-0.15, -0.1) is 0 Å². The van der Waals surface area contributed by atoms with Gasteiger partial charge in [-0.05, 0) is 24.3 Å². The summed E-state index contributed by atoms with van der Waals surface area (Å²) >= 11 is 0. The highest BCUT2D eigenvalue weighted by Crippen LogP contribution is 2.33. The van der Waals surface area contributed by atoms with Crippen molar-refractivity contribution in [3.05, 3.63) is 46.5 Å². The molecule has 0 aliphatic carbocycles. The maximum absolute atomic E-state index is 11.9. The molecule has 0 atom stereocenters. The van der Waals surface area contributed by atoms with E-state index in [1.165, 1.54) is 37.1 Å². The molecule has 4 amide bonds. The summed E-state index contributed by atoms with van der Waals surface area (Å²) in [5.41, 5.74) is 1.18. The van der Waals surface area contributed by atoms with Crippen LogP contribution in [0.2, 0.25) is 0 Å². The van der Waals surface area contributed by atoms with Gasteiger partial charge in [-0.25, -0.2) is 0 Å². The number of carbonyl (C=O) groups excluding carboxylic acids is 4. The van der Waals surface area contributed by atoms with Crippen LogP contribution in [-0.2, 0) is 0 Å². The second kappa shape index (κ2) is 7.91. The highest BCUT2D eigenvalue weighted by molar-refractivity contribution is 6.33. The molecule has 0 spiro atoms. The number of amides is 4. The summed E-state index contributed by atoms with van der Waals surface area (Å²) < 4.78 is 0. The van der Waals surface area contributed by atoms with Gasteiger partial charge in [0.1, 0.15) is 0 Å². The monoisotopic (exact) mass is 354 g/mol. The Balaban J connectivity index is 0.000000361. The first-order valence-electron chi connectivity index (χ1n) is 8.72. The third-order valence-corrected chi connectivity index (χ3v) is 3.59. The maximum atomic E-state index is 11.9. The Bertz CT molecular complexity index is 774. The molecule has 0 bridgehead atoms. The molecular formula is C20H22N2O4. The average Bonchev–Trinajstić information content (AvgIpc) is 2.59. The van der Waals surface area contributed by atoms with Gasteiger partial charge < -0.3 is 0 Å². The van der Waals surface area contributed by atoms with Gasteiger partial charge in [-0.2, -0.15) is 0 Å². The number of nitrogens with one attached hydrogen (secondary N) is 2. The van der Waals surface area contributed by atoms with Crippen LogP contribution in [0.4, 0.5) is 0 Å². The van der Waals surface area contributed by atoms with Gasteiger partial charge >= 0.3 is 0 Å². The molecule has 0 aromatic heterocycles. The van der Waals surface area contributed by atoms with Crippen molar-refractivity contribution in [1.82, 2.24) is 10.6 Å². The second-order valence-electron chi connectivity index (χ2n) is 6.05. The summed E-state index contributed by atoms with van der Waals surface area (Å²) in [5.74, 6) is -2.09. The van der Waals surface area contributed by atoms with Gasteiger partial charge in [0.05, 0.1) is 0 Å². The largest absolute Gasteiger partial charge is 0.288 e. The lowest BCUT2D eigenvalue weighted by Crippen LogP contribution is -2.38. The predicted molar refractivity (Wildman–Crippen MR) is 99.5 cm³/mol. The van der Waals surface area contributed by atoms with Crippen LogP contribution in [0.15, 0.2) is 24.3 Å². The van der Waals surface area contributed by atoms with E-state index in [1.54, 1.807) is 0 Å². The average molecular weight is 354 g/mol. The van der Waals surface area contributed by atoms with Gasteiger partial charge in [0.25, 0.3) is 23.6 Å². The molecule has 2 aliphatic heterocycles. The van der Waals surface area contributed by atoms with Crippen molar-refractivity contribution in [2.24, 2.45) is 0 Å². The summed E-state index contributed by atoms with van der Waals surface area (Å²) in [6.45, 7) is 8.50. The van der Waals surface area contributed by atoms with E-state index in [0.29, 0.717) is 33.0 Å². The van der Waals surface area contributed by atoms with Crippen molar-refractivity contribution in [1.29, 1.82) is 0 Å². The Morgan fingerprint density at radius 3 is 0.923 bits per heavy atom. The highest BCUT2D eigenvalue weighted by Gasteiger charge is 2.32. The van der Waals surface area contributed by atoms with Crippen molar-refractivity contribution < 1.29 is 19.2 Å². The fourth-order valence-corrected chi connectivity index (χ4v) is 2.73. The molecular weight excluding hydrogens is 332 g/mol. The minimum atomic E-state index is -0.523. The zero-order valence-corrected chi connectivity index (χ0v) is 15.4. The van der Waals surface area contributed by atoms with E-state index in [0.717, 1.165) is 0 Å². The molecule has 136 valence electrons. The van der Waals surface area contributed by atoms with E-state index in [9.17, 15) is 19.2 Å². The molecule has 2 heterocycles. The van der Waals surface area contributed by atoms with Gasteiger partial charge in [0, 0.05) is 33.0 Å². The van der Waals surface area contributed by atoms with E-state index in [2.05, 4.69) is 38.3 Å². The van der Waals surface area contributed by atoms with Crippen molar-refractivity contribution in [3.8, 4) is 0 Å². The Hall–Kier alpha value is -3.02. The summed E-state index contributed by atoms with van der Waals surface area (Å²) in [6.07, 6.45) is 2.50. The standard InChI is InChI=1S/C14H6N2O4.2C3H8/c17-11-5-1-2-6-10-8(14(20)16-12(6)18)4-3-7(9(5)10)13(19)15-11;2*1-3-2/h1-4H,(H,15,17,19)(H,16,18,20);2*3H2,1-2H3. The third kappa shape index (κ3) is 3.22. The molecule has 6 heteroatoms. The molecule has 0 fully saturated rings. The van der Waals surface area contributed by atoms with Crippen molar-refractivity contribution in [2.75, 3.05) is 0 Å². The molecule has 4 rings (SSSR count). The van der Waals surface area contributed by atoms with Crippen LogP contribution in [0.5, 0.6) is 0 Å². The zero-order chi connectivity index (χ0) is 19.4. The lowest BCUT2D eigenvalue weighted by atomic mass is 9.87. The molecule has 0 saturated heterocycles. The topological polar surface area (TPSA) is 92.3 Å². The Morgan fingerprint density at radius 2 is 0.731 bits per heavy atom. The molecule has 0 radical (unpaired) electrons. The smallest absolute Gasteiger partial charge is 0.258 e. The van der Waals surface area contributed by atoms with E-state index in [-0.39, 0.29) is 0 Å². The number of rotatable bonds is 0. The molecule has 2 aliphatic rings. The summed E-state index contributed by atoms with van der Waals surface area (Å²) in [6, 6.07) is 5.95. The number of benzene rings is 2. The molecule has 2 aromatic carbocycles. The first-order valence-corrected chi connectivity index (χ1v) is 8.72. The number of hydrogen-bond donors (Lipinski definition) is 2. The van der Waals surface area contributed by atoms with Crippen LogP contribution in [0.25, 0.3) is 10.8 Å². The fourth-order valence-electron chi connectivity index (χ4n) is 2.73. The number of imide groups is 2. The van der Waals surface area contributed by atoms with Gasteiger partial charge in [-0.3, -0.25) is 29.8 Å². The highest BCUT2D eigenvalue weighted by atomic mass is 16.2. The van der Waals surface area contributed by atoms with E-state index < -0.39 is 23.6 Å². The molecule has 26 heavy (non-hydrogen) atoms.